The third-order valence-corrected chi connectivity index (χ3v) is 4.62. The number of rotatable bonds is 2. The number of hydrogen-bond acceptors (Lipinski definition) is 4. The van der Waals surface area contributed by atoms with Gasteiger partial charge in [0.2, 0.25) is 5.91 Å². The van der Waals surface area contributed by atoms with E-state index in [1.165, 1.54) is 18.2 Å². The van der Waals surface area contributed by atoms with E-state index in [-0.39, 0.29) is 28.4 Å². The van der Waals surface area contributed by atoms with Gasteiger partial charge in [0.25, 0.3) is 0 Å². The van der Waals surface area contributed by atoms with Crippen LogP contribution >= 0.6 is 11.8 Å². The molecule has 2 N–H and O–H groups in total. The van der Waals surface area contributed by atoms with Crippen LogP contribution < -0.4 is 5.73 Å². The first-order chi connectivity index (χ1) is 8.08. The van der Waals surface area contributed by atoms with Crippen molar-refractivity contribution in [2.45, 2.75) is 56.4 Å². The molecule has 1 heterocycles. The van der Waals surface area contributed by atoms with E-state index >= 15 is 0 Å². The second-order valence-corrected chi connectivity index (χ2v) is 6.47. The van der Waals surface area contributed by atoms with Crippen molar-refractivity contribution in [2.75, 3.05) is 6.54 Å². The quantitative estimate of drug-likeness (QED) is 0.804. The van der Waals surface area contributed by atoms with Crippen molar-refractivity contribution in [3.63, 3.8) is 0 Å². The summed E-state index contributed by atoms with van der Waals surface area (Å²) in [6, 6.07) is 0.322. The van der Waals surface area contributed by atoms with Gasteiger partial charge >= 0.3 is 0 Å². The van der Waals surface area contributed by atoms with Crippen LogP contribution in [0.1, 0.15) is 39.0 Å². The van der Waals surface area contributed by atoms with E-state index in [0.29, 0.717) is 13.0 Å². The molecule has 96 valence electrons. The van der Waals surface area contributed by atoms with Gasteiger partial charge < -0.3 is 10.6 Å². The smallest absolute Gasteiger partial charge is 0.224 e. The van der Waals surface area contributed by atoms with Crippen molar-refractivity contribution >= 4 is 22.8 Å². The summed E-state index contributed by atoms with van der Waals surface area (Å²) in [4.78, 5) is 24.9. The van der Waals surface area contributed by atoms with Gasteiger partial charge in [0.1, 0.15) is 0 Å². The van der Waals surface area contributed by atoms with Crippen LogP contribution in [0, 0.1) is 0 Å². The topological polar surface area (TPSA) is 63.4 Å². The highest BCUT2D eigenvalue weighted by Gasteiger charge is 2.38. The minimum absolute atomic E-state index is 0.0950. The van der Waals surface area contributed by atoms with Crippen molar-refractivity contribution < 1.29 is 9.59 Å². The number of nitrogens with two attached hydrogens (primary N) is 1. The molecule has 5 heteroatoms. The third-order valence-electron chi connectivity index (χ3n) is 3.64. The van der Waals surface area contributed by atoms with Crippen LogP contribution in [0.3, 0.4) is 0 Å². The first kappa shape index (κ1) is 12.9. The van der Waals surface area contributed by atoms with E-state index in [1.807, 2.05) is 4.90 Å². The van der Waals surface area contributed by atoms with Crippen molar-refractivity contribution in [1.82, 2.24) is 4.90 Å². The summed E-state index contributed by atoms with van der Waals surface area (Å²) in [7, 11) is 0. The lowest BCUT2D eigenvalue weighted by Crippen LogP contribution is -2.50. The number of nitrogens with zero attached hydrogens (tertiary/aromatic N) is 1. The number of thioether (sulfide) groups is 1. The van der Waals surface area contributed by atoms with Gasteiger partial charge in [-0.25, -0.2) is 0 Å². The molecule has 17 heavy (non-hydrogen) atoms. The largest absolute Gasteiger partial charge is 0.337 e. The Hall–Kier alpha value is -0.550. The molecule has 2 rings (SSSR count). The zero-order valence-electron chi connectivity index (χ0n) is 10.2. The SMILES string of the molecule is CC(=O)SC1CC(=O)N([C@H]2CCCC[C@@H]2N)C1. The summed E-state index contributed by atoms with van der Waals surface area (Å²) in [5, 5.41) is 0.228. The zero-order valence-corrected chi connectivity index (χ0v) is 11.0. The summed E-state index contributed by atoms with van der Waals surface area (Å²) in [5.74, 6) is 0.172. The van der Waals surface area contributed by atoms with E-state index in [4.69, 9.17) is 5.73 Å². The Bertz CT molecular complexity index is 322. The molecule has 4 nitrogen and oxygen atoms in total. The number of hydrogen-bond donors (Lipinski definition) is 1. The van der Waals surface area contributed by atoms with Gasteiger partial charge in [0.05, 0.1) is 0 Å². The standard InChI is InChI=1S/C12H20N2O2S/c1-8(15)17-9-6-12(16)14(7-9)11-5-3-2-4-10(11)13/h9-11H,2-7,13H2,1H3/t9?,10-,11-/m0/s1. The summed E-state index contributed by atoms with van der Waals surface area (Å²) >= 11 is 1.29. The third kappa shape index (κ3) is 3.01. The van der Waals surface area contributed by atoms with Crippen LogP contribution in [-0.4, -0.2) is 39.8 Å². The van der Waals surface area contributed by atoms with Gasteiger partial charge in [0, 0.05) is 37.2 Å². The highest BCUT2D eigenvalue weighted by atomic mass is 32.2. The van der Waals surface area contributed by atoms with Crippen molar-refractivity contribution in [3.8, 4) is 0 Å². The highest BCUT2D eigenvalue weighted by molar-refractivity contribution is 8.14. The highest BCUT2D eigenvalue weighted by Crippen LogP contribution is 2.30. The number of carbonyl (C=O) groups excluding carboxylic acids is 2. The molecule has 0 aromatic carbocycles. The molecule has 1 saturated carbocycles. The van der Waals surface area contributed by atoms with Crippen LogP contribution in [0.2, 0.25) is 0 Å². The van der Waals surface area contributed by atoms with Gasteiger partial charge in [0.15, 0.2) is 5.12 Å². The minimum atomic E-state index is 0.0950. The summed E-state index contributed by atoms with van der Waals surface area (Å²) in [5.41, 5.74) is 6.10. The Morgan fingerprint density at radius 3 is 2.76 bits per heavy atom. The molecule has 3 atom stereocenters. The molecule has 2 aliphatic rings. The van der Waals surface area contributed by atoms with Crippen LogP contribution in [0.25, 0.3) is 0 Å². The van der Waals surface area contributed by atoms with Crippen LogP contribution in [0.4, 0.5) is 0 Å². The summed E-state index contributed by atoms with van der Waals surface area (Å²) < 4.78 is 0. The van der Waals surface area contributed by atoms with Gasteiger partial charge in [-0.2, -0.15) is 0 Å². The van der Waals surface area contributed by atoms with Gasteiger partial charge in [-0.3, -0.25) is 9.59 Å². The summed E-state index contributed by atoms with van der Waals surface area (Å²) in [6.45, 7) is 2.26. The fourth-order valence-electron chi connectivity index (χ4n) is 2.86. The fourth-order valence-corrected chi connectivity index (χ4v) is 3.79. The Kier molecular flexibility index (Phi) is 4.09. The first-order valence-corrected chi connectivity index (χ1v) is 7.18. The van der Waals surface area contributed by atoms with Crippen molar-refractivity contribution in [2.24, 2.45) is 5.73 Å². The molecule has 1 aliphatic heterocycles. The monoisotopic (exact) mass is 256 g/mol. The number of likely N-dealkylation sites (tertiary alicyclic amines) is 1. The van der Waals surface area contributed by atoms with E-state index in [0.717, 1.165) is 19.3 Å². The molecule has 0 radical (unpaired) electrons. The maximum absolute atomic E-state index is 12.0. The van der Waals surface area contributed by atoms with E-state index in [2.05, 4.69) is 0 Å². The molecule has 0 bridgehead atoms. The van der Waals surface area contributed by atoms with Crippen LogP contribution in [-0.2, 0) is 9.59 Å². The summed E-state index contributed by atoms with van der Waals surface area (Å²) in [6.07, 6.45) is 4.86. The fraction of sp³-hybridized carbons (Fsp3) is 0.833. The van der Waals surface area contributed by atoms with Crippen molar-refractivity contribution in [3.05, 3.63) is 0 Å². The molecule has 0 aromatic rings. The van der Waals surface area contributed by atoms with Crippen LogP contribution in [0.5, 0.6) is 0 Å². The Balaban J connectivity index is 1.97. The molecule has 0 spiro atoms. The maximum Gasteiger partial charge on any atom is 0.224 e. The number of amides is 1. The molecule has 1 unspecified atom stereocenters. The lowest BCUT2D eigenvalue weighted by molar-refractivity contribution is -0.130. The van der Waals surface area contributed by atoms with E-state index in [1.54, 1.807) is 6.92 Å². The van der Waals surface area contributed by atoms with Gasteiger partial charge in [-0.1, -0.05) is 24.6 Å². The second-order valence-electron chi connectivity index (χ2n) is 5.00. The van der Waals surface area contributed by atoms with E-state index < -0.39 is 0 Å². The van der Waals surface area contributed by atoms with E-state index in [9.17, 15) is 9.59 Å². The average Bonchev–Trinajstić information content (AvgIpc) is 2.59. The lowest BCUT2D eigenvalue weighted by atomic mass is 9.90. The second kappa shape index (κ2) is 5.40. The molecule has 1 saturated heterocycles. The Labute approximate surface area is 106 Å². The first-order valence-electron chi connectivity index (χ1n) is 6.30. The molecule has 2 fully saturated rings. The van der Waals surface area contributed by atoms with Crippen molar-refractivity contribution in [1.29, 1.82) is 0 Å². The normalized spacial score (nSPS) is 34.1. The Morgan fingerprint density at radius 2 is 2.12 bits per heavy atom. The Morgan fingerprint density at radius 1 is 1.41 bits per heavy atom. The average molecular weight is 256 g/mol. The molecule has 1 aliphatic carbocycles. The van der Waals surface area contributed by atoms with Crippen LogP contribution in [0.15, 0.2) is 0 Å². The molecular weight excluding hydrogens is 236 g/mol. The predicted molar refractivity (Wildman–Crippen MR) is 68.6 cm³/mol. The zero-order chi connectivity index (χ0) is 12.4. The maximum atomic E-state index is 12.0. The van der Waals surface area contributed by atoms with Gasteiger partial charge in [-0.05, 0) is 12.8 Å². The van der Waals surface area contributed by atoms with Gasteiger partial charge in [-0.15, -0.1) is 0 Å². The minimum Gasteiger partial charge on any atom is -0.337 e. The molecular formula is C12H20N2O2S. The number of carbonyl (C=O) groups is 2. The molecule has 1 amide bonds. The lowest BCUT2D eigenvalue weighted by Gasteiger charge is -2.36. The molecule has 0 aromatic heterocycles. The predicted octanol–water partition coefficient (Wildman–Crippen LogP) is 1.14.